The number of rotatable bonds is 5. The molecule has 0 aliphatic heterocycles. The van der Waals surface area contributed by atoms with Gasteiger partial charge >= 0.3 is 5.97 Å². The summed E-state index contributed by atoms with van der Waals surface area (Å²) in [6.45, 7) is 3.87. The molecule has 0 fully saturated rings. The minimum atomic E-state index is -1.14. The molecule has 0 unspecified atom stereocenters. The topological polar surface area (TPSA) is 78.4 Å². The number of carbonyl (C=O) groups excluding carboxylic acids is 1. The second-order valence-electron chi connectivity index (χ2n) is 4.21. The highest BCUT2D eigenvalue weighted by atomic mass is 35.5. The molecule has 0 spiro atoms. The van der Waals surface area contributed by atoms with Crippen molar-refractivity contribution < 1.29 is 14.7 Å². The average molecular weight is 337 g/mol. The fourth-order valence-corrected chi connectivity index (χ4v) is 2.37. The molecule has 0 atom stereocenters. The van der Waals surface area contributed by atoms with Gasteiger partial charge in [0.15, 0.2) is 0 Å². The molecule has 3 N–H and O–H groups in total. The van der Waals surface area contributed by atoms with Crippen LogP contribution in [0.5, 0.6) is 0 Å². The summed E-state index contributed by atoms with van der Waals surface area (Å²) in [5.74, 6) is -1.14. The molecule has 5 nitrogen and oxygen atoms in total. The van der Waals surface area contributed by atoms with E-state index in [9.17, 15) is 9.59 Å². The molecule has 1 aromatic carbocycles. The van der Waals surface area contributed by atoms with E-state index in [1.54, 1.807) is 0 Å². The van der Waals surface area contributed by atoms with E-state index in [0.29, 0.717) is 10.6 Å². The first-order valence-electron chi connectivity index (χ1n) is 5.73. The Morgan fingerprint density at radius 2 is 2.00 bits per heavy atom. The van der Waals surface area contributed by atoms with E-state index < -0.39 is 5.97 Å². The van der Waals surface area contributed by atoms with Crippen LogP contribution in [0.25, 0.3) is 0 Å². The number of hydrogen-bond acceptors (Lipinski definition) is 4. The molecule has 1 rings (SSSR count). The van der Waals surface area contributed by atoms with Gasteiger partial charge in [-0.3, -0.25) is 9.52 Å². The van der Waals surface area contributed by atoms with Crippen molar-refractivity contribution in [3.63, 3.8) is 0 Å². The lowest BCUT2D eigenvalue weighted by molar-refractivity contribution is 0.0697. The fraction of sp³-hybridized carbons (Fsp3) is 0.333. The molecule has 0 aliphatic rings. The third kappa shape index (κ3) is 4.86. The van der Waals surface area contributed by atoms with Crippen molar-refractivity contribution >= 4 is 46.4 Å². The van der Waals surface area contributed by atoms with Crippen molar-refractivity contribution in [3.8, 4) is 0 Å². The number of carboxylic acids is 1. The first kappa shape index (κ1) is 17.1. The summed E-state index contributed by atoms with van der Waals surface area (Å²) in [6.07, 6.45) is 0. The van der Waals surface area contributed by atoms with Crippen molar-refractivity contribution in [2.24, 2.45) is 0 Å². The Hall–Kier alpha value is -0.950. The summed E-state index contributed by atoms with van der Waals surface area (Å²) in [4.78, 5) is 22.5. The Morgan fingerprint density at radius 3 is 2.55 bits per heavy atom. The molecule has 0 bridgehead atoms. The second-order valence-corrected chi connectivity index (χ2v) is 5.80. The maximum atomic E-state index is 11.5. The summed E-state index contributed by atoms with van der Waals surface area (Å²) < 4.78 is 2.88. The van der Waals surface area contributed by atoms with E-state index in [2.05, 4.69) is 10.0 Å². The molecule has 0 aliphatic carbocycles. The highest BCUT2D eigenvalue weighted by Crippen LogP contribution is 2.28. The first-order chi connectivity index (χ1) is 9.32. The van der Waals surface area contributed by atoms with Gasteiger partial charge in [0.1, 0.15) is 0 Å². The van der Waals surface area contributed by atoms with Crippen LogP contribution in [-0.4, -0.2) is 22.4 Å². The maximum absolute atomic E-state index is 11.5. The largest absolute Gasteiger partial charge is 0.478 e. The molecule has 8 heteroatoms. The van der Waals surface area contributed by atoms with Gasteiger partial charge in [-0.2, -0.15) is 0 Å². The Kier molecular flexibility index (Phi) is 6.61. The third-order valence-corrected chi connectivity index (χ3v) is 3.92. The van der Waals surface area contributed by atoms with Crippen molar-refractivity contribution in [2.75, 3.05) is 0 Å². The predicted octanol–water partition coefficient (Wildman–Crippen LogP) is 3.55. The van der Waals surface area contributed by atoms with Gasteiger partial charge in [0, 0.05) is 35.1 Å². The van der Waals surface area contributed by atoms with E-state index in [1.807, 2.05) is 13.8 Å². The van der Waals surface area contributed by atoms with Crippen LogP contribution >= 0.6 is 35.1 Å². The van der Waals surface area contributed by atoms with Crippen molar-refractivity contribution in [1.82, 2.24) is 10.0 Å². The van der Waals surface area contributed by atoms with Crippen molar-refractivity contribution in [1.29, 1.82) is 0 Å². The van der Waals surface area contributed by atoms with E-state index in [-0.39, 0.29) is 28.4 Å². The van der Waals surface area contributed by atoms with Crippen LogP contribution in [0.15, 0.2) is 12.1 Å². The number of carboxylic acid groups (broad SMARTS) is 1. The molecule has 0 saturated carbocycles. The minimum absolute atomic E-state index is 0.0344. The Labute approximate surface area is 131 Å². The summed E-state index contributed by atoms with van der Waals surface area (Å²) in [5, 5.41) is 11.6. The summed E-state index contributed by atoms with van der Waals surface area (Å²) in [5.41, 5.74) is 0.333. The van der Waals surface area contributed by atoms with Gasteiger partial charge < -0.3 is 10.4 Å². The highest BCUT2D eigenvalue weighted by molar-refractivity contribution is 8.11. The van der Waals surface area contributed by atoms with Gasteiger partial charge in [0.2, 0.25) is 0 Å². The summed E-state index contributed by atoms with van der Waals surface area (Å²) >= 11 is 12.9. The van der Waals surface area contributed by atoms with Crippen LogP contribution in [0.3, 0.4) is 0 Å². The number of halogens is 2. The Bertz CT molecular complexity index is 524. The lowest BCUT2D eigenvalue weighted by atomic mass is 10.1. The molecule has 1 amide bonds. The third-order valence-electron chi connectivity index (χ3n) is 2.21. The fourth-order valence-electron chi connectivity index (χ4n) is 1.29. The normalized spacial score (nSPS) is 10.7. The number of benzene rings is 1. The molecule has 1 aromatic rings. The predicted molar refractivity (Wildman–Crippen MR) is 81.5 cm³/mol. The first-order valence-corrected chi connectivity index (χ1v) is 7.30. The summed E-state index contributed by atoms with van der Waals surface area (Å²) in [6, 6.07) is 2.93. The average Bonchev–Trinajstić information content (AvgIpc) is 2.35. The summed E-state index contributed by atoms with van der Waals surface area (Å²) in [7, 11) is 0. The molecule has 0 saturated heterocycles. The zero-order chi connectivity index (χ0) is 15.3. The van der Waals surface area contributed by atoms with E-state index in [1.165, 1.54) is 12.1 Å². The van der Waals surface area contributed by atoms with Gasteiger partial charge in [-0.15, -0.1) is 0 Å². The maximum Gasteiger partial charge on any atom is 0.337 e. The van der Waals surface area contributed by atoms with E-state index >= 15 is 0 Å². The van der Waals surface area contributed by atoms with E-state index in [0.717, 1.165) is 11.9 Å². The monoisotopic (exact) mass is 336 g/mol. The van der Waals surface area contributed by atoms with Gasteiger partial charge in [-0.1, -0.05) is 23.2 Å². The van der Waals surface area contributed by atoms with Crippen molar-refractivity contribution in [3.05, 3.63) is 33.3 Å². The van der Waals surface area contributed by atoms with E-state index in [4.69, 9.17) is 28.3 Å². The minimum Gasteiger partial charge on any atom is -0.478 e. The van der Waals surface area contributed by atoms with Crippen LogP contribution in [0, 0.1) is 0 Å². The molecule has 0 radical (unpaired) electrons. The molecular formula is C12H14Cl2N2O3S. The van der Waals surface area contributed by atoms with Crippen LogP contribution in [0.4, 0.5) is 4.79 Å². The molecular weight excluding hydrogens is 323 g/mol. The Balaban J connectivity index is 2.75. The van der Waals surface area contributed by atoms with Crippen LogP contribution < -0.4 is 10.0 Å². The van der Waals surface area contributed by atoms with Gasteiger partial charge in [0.25, 0.3) is 5.24 Å². The van der Waals surface area contributed by atoms with Gasteiger partial charge in [0.05, 0.1) is 10.6 Å². The molecule has 20 heavy (non-hydrogen) atoms. The van der Waals surface area contributed by atoms with Crippen LogP contribution in [0.1, 0.15) is 29.8 Å². The number of amides is 1. The Morgan fingerprint density at radius 1 is 1.35 bits per heavy atom. The zero-order valence-corrected chi connectivity index (χ0v) is 13.2. The lowest BCUT2D eigenvalue weighted by Gasteiger charge is -2.11. The molecule has 0 aromatic heterocycles. The number of carbonyl (C=O) groups is 2. The molecule has 110 valence electrons. The molecule has 0 heterocycles. The van der Waals surface area contributed by atoms with Crippen molar-refractivity contribution in [2.45, 2.75) is 26.4 Å². The SMILES string of the molecule is CC(C)NSC(=O)NCc1c(Cl)ccc(C(=O)O)c1Cl. The number of hydrogen-bond donors (Lipinski definition) is 3. The lowest BCUT2D eigenvalue weighted by Crippen LogP contribution is -2.25. The van der Waals surface area contributed by atoms with Crippen LogP contribution in [0.2, 0.25) is 10.0 Å². The second kappa shape index (κ2) is 7.73. The number of aromatic carboxylic acids is 1. The van der Waals surface area contributed by atoms with Gasteiger partial charge in [-0.05, 0) is 26.0 Å². The smallest absolute Gasteiger partial charge is 0.337 e. The quantitative estimate of drug-likeness (QED) is 0.716. The highest BCUT2D eigenvalue weighted by Gasteiger charge is 2.16. The zero-order valence-electron chi connectivity index (χ0n) is 10.9. The number of nitrogens with one attached hydrogen (secondary N) is 2. The standard InChI is InChI=1S/C12H14Cl2N2O3S/c1-6(2)16-20-12(19)15-5-8-9(13)4-3-7(10(8)14)11(17)18/h3-4,6,16H,5H2,1-2H3,(H,15,19)(H,17,18). The van der Waals surface area contributed by atoms with Gasteiger partial charge in [-0.25, -0.2) is 4.79 Å². The van der Waals surface area contributed by atoms with Crippen LogP contribution in [-0.2, 0) is 6.54 Å².